The van der Waals surface area contributed by atoms with Gasteiger partial charge in [0.05, 0.1) is 0 Å². The van der Waals surface area contributed by atoms with E-state index in [2.05, 4.69) is 25.4 Å². The van der Waals surface area contributed by atoms with E-state index in [0.29, 0.717) is 0 Å². The van der Waals surface area contributed by atoms with Gasteiger partial charge >= 0.3 is 0 Å². The third kappa shape index (κ3) is 7.17. The van der Waals surface area contributed by atoms with Gasteiger partial charge in [-0.15, -0.1) is 6.58 Å². The molecule has 0 amide bonds. The van der Waals surface area contributed by atoms with Gasteiger partial charge in [0.25, 0.3) is 0 Å². The molecular weight excluding hydrogens is 134 g/mol. The molecule has 0 heterocycles. The monoisotopic (exact) mass is 153 g/mol. The highest BCUT2D eigenvalue weighted by molar-refractivity contribution is 4.69. The van der Waals surface area contributed by atoms with Crippen LogP contribution in [0.3, 0.4) is 0 Å². The standard InChI is InChI=1S/C10H19N/c1-4-6-7-10(3)8-9-11-5-2/h4-5,10-11H,1-2,6-9H2,3H3. The molecule has 64 valence electrons. The fourth-order valence-electron chi connectivity index (χ4n) is 0.979. The van der Waals surface area contributed by atoms with Crippen molar-refractivity contribution in [3.05, 3.63) is 25.4 Å². The molecule has 0 fully saturated rings. The first-order valence-electron chi connectivity index (χ1n) is 4.26. The molecule has 1 nitrogen and oxygen atoms in total. The predicted molar refractivity (Wildman–Crippen MR) is 51.4 cm³/mol. The Labute approximate surface area is 70.2 Å². The normalized spacial score (nSPS) is 12.1. The van der Waals surface area contributed by atoms with E-state index in [0.717, 1.165) is 18.9 Å². The molecule has 11 heavy (non-hydrogen) atoms. The molecule has 0 bridgehead atoms. The zero-order valence-electron chi connectivity index (χ0n) is 7.47. The Morgan fingerprint density at radius 2 is 2.09 bits per heavy atom. The highest BCUT2D eigenvalue weighted by atomic mass is 14.8. The van der Waals surface area contributed by atoms with E-state index in [9.17, 15) is 0 Å². The van der Waals surface area contributed by atoms with Crippen molar-refractivity contribution in [2.24, 2.45) is 5.92 Å². The van der Waals surface area contributed by atoms with Crippen LogP contribution in [0.5, 0.6) is 0 Å². The van der Waals surface area contributed by atoms with E-state index in [1.807, 2.05) is 6.08 Å². The van der Waals surface area contributed by atoms with Crippen LogP contribution in [-0.2, 0) is 0 Å². The predicted octanol–water partition coefficient (Wildman–Crippen LogP) is 2.71. The lowest BCUT2D eigenvalue weighted by molar-refractivity contribution is 0.490. The molecule has 1 unspecified atom stereocenters. The number of nitrogens with one attached hydrogen (secondary N) is 1. The Balaban J connectivity index is 3.14. The molecule has 0 aliphatic carbocycles. The van der Waals surface area contributed by atoms with Crippen LogP contribution in [0.25, 0.3) is 0 Å². The van der Waals surface area contributed by atoms with Crippen molar-refractivity contribution in [3.8, 4) is 0 Å². The van der Waals surface area contributed by atoms with Crippen molar-refractivity contribution in [2.45, 2.75) is 26.2 Å². The summed E-state index contributed by atoms with van der Waals surface area (Å²) in [6.45, 7) is 10.6. The molecule has 0 aromatic heterocycles. The molecule has 0 aliphatic heterocycles. The Hall–Kier alpha value is -0.720. The topological polar surface area (TPSA) is 12.0 Å². The van der Waals surface area contributed by atoms with Gasteiger partial charge in [-0.2, -0.15) is 0 Å². The van der Waals surface area contributed by atoms with Crippen LogP contribution in [0.4, 0.5) is 0 Å². The molecule has 0 spiro atoms. The van der Waals surface area contributed by atoms with Crippen molar-refractivity contribution in [1.82, 2.24) is 5.32 Å². The van der Waals surface area contributed by atoms with E-state index < -0.39 is 0 Å². The zero-order valence-corrected chi connectivity index (χ0v) is 7.47. The van der Waals surface area contributed by atoms with Crippen LogP contribution in [0.2, 0.25) is 0 Å². The van der Waals surface area contributed by atoms with Crippen molar-refractivity contribution < 1.29 is 0 Å². The van der Waals surface area contributed by atoms with Gasteiger partial charge in [-0.25, -0.2) is 0 Å². The minimum absolute atomic E-state index is 0.792. The molecule has 1 atom stereocenters. The molecule has 0 aromatic carbocycles. The number of allylic oxidation sites excluding steroid dienone is 1. The quantitative estimate of drug-likeness (QED) is 0.438. The molecule has 0 saturated carbocycles. The van der Waals surface area contributed by atoms with Crippen LogP contribution in [0, 0.1) is 5.92 Å². The summed E-state index contributed by atoms with van der Waals surface area (Å²) in [7, 11) is 0. The van der Waals surface area contributed by atoms with Crippen LogP contribution in [-0.4, -0.2) is 6.54 Å². The van der Waals surface area contributed by atoms with Gasteiger partial charge in [0.1, 0.15) is 0 Å². The Kier molecular flexibility index (Phi) is 6.90. The van der Waals surface area contributed by atoms with Gasteiger partial charge in [-0.1, -0.05) is 19.6 Å². The van der Waals surface area contributed by atoms with Gasteiger partial charge in [0, 0.05) is 6.54 Å². The second-order valence-electron chi connectivity index (χ2n) is 2.92. The summed E-state index contributed by atoms with van der Waals surface area (Å²) in [5.74, 6) is 0.792. The van der Waals surface area contributed by atoms with Crippen LogP contribution in [0.1, 0.15) is 26.2 Å². The minimum atomic E-state index is 0.792. The SMILES string of the molecule is C=CCCC(C)CCNC=C. The summed E-state index contributed by atoms with van der Waals surface area (Å²) in [5, 5.41) is 3.09. The molecule has 0 radical (unpaired) electrons. The maximum absolute atomic E-state index is 3.70. The molecule has 0 aromatic rings. The van der Waals surface area contributed by atoms with Crippen LogP contribution in [0.15, 0.2) is 25.4 Å². The second kappa shape index (κ2) is 7.39. The first-order valence-corrected chi connectivity index (χ1v) is 4.26. The first kappa shape index (κ1) is 10.3. The second-order valence-corrected chi connectivity index (χ2v) is 2.92. The summed E-state index contributed by atoms with van der Waals surface area (Å²) < 4.78 is 0. The number of rotatable bonds is 7. The molecule has 1 heteroatoms. The number of hydrogen-bond acceptors (Lipinski definition) is 1. The lowest BCUT2D eigenvalue weighted by Crippen LogP contribution is -2.10. The molecule has 0 saturated heterocycles. The van der Waals surface area contributed by atoms with Gasteiger partial charge in [-0.05, 0) is 31.4 Å². The summed E-state index contributed by atoms with van der Waals surface area (Å²) >= 11 is 0. The Bertz CT molecular complexity index is 107. The van der Waals surface area contributed by atoms with Gasteiger partial charge in [0.15, 0.2) is 0 Å². The average molecular weight is 153 g/mol. The minimum Gasteiger partial charge on any atom is -0.391 e. The third-order valence-corrected chi connectivity index (χ3v) is 1.79. The van der Waals surface area contributed by atoms with Crippen molar-refractivity contribution >= 4 is 0 Å². The van der Waals surface area contributed by atoms with E-state index in [1.54, 1.807) is 6.20 Å². The van der Waals surface area contributed by atoms with E-state index in [-0.39, 0.29) is 0 Å². The highest BCUT2D eigenvalue weighted by Gasteiger charge is 1.98. The van der Waals surface area contributed by atoms with Crippen molar-refractivity contribution in [2.75, 3.05) is 6.54 Å². The summed E-state index contributed by atoms with van der Waals surface area (Å²) in [6.07, 6.45) is 7.34. The van der Waals surface area contributed by atoms with Crippen LogP contribution < -0.4 is 5.32 Å². The maximum atomic E-state index is 3.70. The average Bonchev–Trinajstić information content (AvgIpc) is 2.01. The Morgan fingerprint density at radius 3 is 2.64 bits per heavy atom. The van der Waals surface area contributed by atoms with Crippen molar-refractivity contribution in [1.29, 1.82) is 0 Å². The lowest BCUT2D eigenvalue weighted by atomic mass is 10.0. The molecule has 0 aliphatic rings. The summed E-state index contributed by atoms with van der Waals surface area (Å²) in [5.41, 5.74) is 0. The Morgan fingerprint density at radius 1 is 1.36 bits per heavy atom. The maximum Gasteiger partial charge on any atom is 0.0143 e. The zero-order chi connectivity index (χ0) is 8.53. The van der Waals surface area contributed by atoms with Gasteiger partial charge in [0.2, 0.25) is 0 Å². The van der Waals surface area contributed by atoms with Gasteiger partial charge < -0.3 is 5.32 Å². The van der Waals surface area contributed by atoms with Gasteiger partial charge in [-0.3, -0.25) is 0 Å². The van der Waals surface area contributed by atoms with E-state index >= 15 is 0 Å². The molecular formula is C10H19N. The largest absolute Gasteiger partial charge is 0.391 e. The smallest absolute Gasteiger partial charge is 0.0143 e. The third-order valence-electron chi connectivity index (χ3n) is 1.79. The fraction of sp³-hybridized carbons (Fsp3) is 0.600. The van der Waals surface area contributed by atoms with Crippen molar-refractivity contribution in [3.63, 3.8) is 0 Å². The summed E-state index contributed by atoms with van der Waals surface area (Å²) in [4.78, 5) is 0. The first-order chi connectivity index (χ1) is 5.31. The molecule has 1 N–H and O–H groups in total. The molecule has 0 rings (SSSR count). The lowest BCUT2D eigenvalue weighted by Gasteiger charge is -2.08. The number of hydrogen-bond donors (Lipinski definition) is 1. The van der Waals surface area contributed by atoms with E-state index in [1.165, 1.54) is 12.8 Å². The van der Waals surface area contributed by atoms with E-state index in [4.69, 9.17) is 0 Å². The summed E-state index contributed by atoms with van der Waals surface area (Å²) in [6, 6.07) is 0. The highest BCUT2D eigenvalue weighted by Crippen LogP contribution is 2.08. The van der Waals surface area contributed by atoms with Crippen LogP contribution >= 0.6 is 0 Å². The fourth-order valence-corrected chi connectivity index (χ4v) is 0.979.